The third-order valence-corrected chi connectivity index (χ3v) is 9.29. The summed E-state index contributed by atoms with van der Waals surface area (Å²) in [6.45, 7) is 6.70. The minimum atomic E-state index is -4.28. The summed E-state index contributed by atoms with van der Waals surface area (Å²) in [4.78, 5) is 12.2. The predicted molar refractivity (Wildman–Crippen MR) is 141 cm³/mol. The third kappa shape index (κ3) is 7.52. The van der Waals surface area contributed by atoms with Gasteiger partial charge in [0.25, 0.3) is 15.9 Å². The van der Waals surface area contributed by atoms with Gasteiger partial charge in [0.1, 0.15) is 18.2 Å². The summed E-state index contributed by atoms with van der Waals surface area (Å²) in [5.74, 6) is -0.181. The molecule has 1 aromatic carbocycles. The Morgan fingerprint density at radius 2 is 1.83 bits per heavy atom. The van der Waals surface area contributed by atoms with E-state index in [2.05, 4.69) is 34.6 Å². The molecule has 0 saturated heterocycles. The van der Waals surface area contributed by atoms with Gasteiger partial charge < -0.3 is 9.47 Å². The molecule has 0 bridgehead atoms. The minimum absolute atomic E-state index is 0.0349. The van der Waals surface area contributed by atoms with Gasteiger partial charge in [-0.25, -0.2) is 17.7 Å². The van der Waals surface area contributed by atoms with Gasteiger partial charge in [-0.05, 0) is 24.2 Å². The number of rotatable bonds is 11. The van der Waals surface area contributed by atoms with Crippen LogP contribution in [0.2, 0.25) is 40.9 Å². The zero-order chi connectivity index (χ0) is 25.6. The number of ether oxygens (including phenoxy) is 2. The maximum atomic E-state index is 13.8. The number of hydrogen-bond donors (Lipinski definition) is 0. The molecule has 0 aliphatic heterocycles. The summed E-state index contributed by atoms with van der Waals surface area (Å²) in [6.07, 6.45) is 4.49. The molecule has 0 fully saturated rings. The van der Waals surface area contributed by atoms with Gasteiger partial charge in [0.2, 0.25) is 5.82 Å². The van der Waals surface area contributed by atoms with Gasteiger partial charge in [0.05, 0.1) is 16.2 Å². The Balaban J connectivity index is 2.00. The van der Waals surface area contributed by atoms with E-state index in [1.54, 1.807) is 18.5 Å². The summed E-state index contributed by atoms with van der Waals surface area (Å²) >= 11 is 18.4. The molecule has 0 saturated carbocycles. The molecular formula is C22H25Cl3N4O4SSi. The van der Waals surface area contributed by atoms with Gasteiger partial charge >= 0.3 is 0 Å². The van der Waals surface area contributed by atoms with Crippen molar-refractivity contribution in [3.05, 3.63) is 69.7 Å². The minimum Gasteiger partial charge on any atom is -0.470 e. The van der Waals surface area contributed by atoms with Crippen LogP contribution < -0.4 is 9.04 Å². The van der Waals surface area contributed by atoms with Crippen LogP contribution in [-0.2, 0) is 21.4 Å². The predicted octanol–water partition coefficient (Wildman–Crippen LogP) is 5.92. The number of halogens is 3. The zero-order valence-corrected chi connectivity index (χ0v) is 23.5. The summed E-state index contributed by atoms with van der Waals surface area (Å²) in [6, 6.07) is 8.77. The first-order valence-corrected chi connectivity index (χ1v) is 16.9. The molecule has 0 N–H and O–H groups in total. The summed E-state index contributed by atoms with van der Waals surface area (Å²) in [5, 5.41) is 0.0244. The van der Waals surface area contributed by atoms with Crippen molar-refractivity contribution in [2.75, 3.05) is 17.6 Å². The first-order valence-electron chi connectivity index (χ1n) is 10.6. The molecule has 0 unspecified atom stereocenters. The topological polar surface area (TPSA) is 94.5 Å². The van der Waals surface area contributed by atoms with Crippen LogP contribution in [0.4, 0.5) is 5.82 Å². The van der Waals surface area contributed by atoms with E-state index in [1.165, 1.54) is 24.4 Å². The monoisotopic (exact) mass is 574 g/mol. The van der Waals surface area contributed by atoms with E-state index in [-0.39, 0.29) is 45.1 Å². The molecule has 0 aliphatic carbocycles. The van der Waals surface area contributed by atoms with E-state index in [4.69, 9.17) is 44.3 Å². The zero-order valence-electron chi connectivity index (χ0n) is 19.4. The molecule has 8 nitrogen and oxygen atoms in total. The first kappa shape index (κ1) is 27.6. The molecule has 3 aromatic rings. The van der Waals surface area contributed by atoms with Crippen LogP contribution >= 0.6 is 34.8 Å². The fourth-order valence-electron chi connectivity index (χ4n) is 2.82. The number of anilines is 1. The van der Waals surface area contributed by atoms with Gasteiger partial charge in [-0.2, -0.15) is 4.98 Å². The van der Waals surface area contributed by atoms with E-state index >= 15 is 0 Å². The second kappa shape index (κ2) is 11.9. The van der Waals surface area contributed by atoms with Crippen molar-refractivity contribution in [3.8, 4) is 5.88 Å². The molecule has 0 atom stereocenters. The quantitative estimate of drug-likeness (QED) is 0.159. The second-order valence-corrected chi connectivity index (χ2v) is 17.3. The Labute approximate surface area is 221 Å². The molecule has 35 heavy (non-hydrogen) atoms. The fourth-order valence-corrected chi connectivity index (χ4v) is 5.74. The van der Waals surface area contributed by atoms with Crippen molar-refractivity contribution >= 4 is 58.7 Å². The average molecular weight is 576 g/mol. The molecule has 188 valence electrons. The highest BCUT2D eigenvalue weighted by molar-refractivity contribution is 7.93. The Bertz CT molecular complexity index is 1260. The number of nitrogens with zero attached hydrogens (tertiary/aromatic N) is 4. The molecule has 0 aliphatic rings. The number of hydrogen-bond acceptors (Lipinski definition) is 7. The molecule has 2 aromatic heterocycles. The molecule has 3 rings (SSSR count). The summed E-state index contributed by atoms with van der Waals surface area (Å²) < 4.78 is 40.1. The lowest BCUT2D eigenvalue weighted by Gasteiger charge is -2.25. The highest BCUT2D eigenvalue weighted by Gasteiger charge is 2.32. The molecule has 0 radical (unpaired) electrons. The molecule has 0 amide bonds. The van der Waals surface area contributed by atoms with E-state index < -0.39 is 18.1 Å². The highest BCUT2D eigenvalue weighted by atomic mass is 35.5. The van der Waals surface area contributed by atoms with Gasteiger partial charge in [0.15, 0.2) is 5.15 Å². The van der Waals surface area contributed by atoms with Crippen LogP contribution in [0.3, 0.4) is 0 Å². The van der Waals surface area contributed by atoms with Gasteiger partial charge in [0, 0.05) is 32.6 Å². The summed E-state index contributed by atoms with van der Waals surface area (Å²) in [5.41, 5.74) is 0.749. The number of pyridine rings is 1. The van der Waals surface area contributed by atoms with Crippen molar-refractivity contribution < 1.29 is 17.9 Å². The van der Waals surface area contributed by atoms with Crippen LogP contribution in [0, 0.1) is 0 Å². The third-order valence-electron chi connectivity index (χ3n) is 4.72. The SMILES string of the molecule is C[Si](C)(C)CCOCN(c1ncc(Cl)nc1OCc1cccnc1)S(=O)(=O)c1cccc(Cl)c1Cl. The van der Waals surface area contributed by atoms with Crippen molar-refractivity contribution in [1.82, 2.24) is 15.0 Å². The maximum Gasteiger partial charge on any atom is 0.269 e. The van der Waals surface area contributed by atoms with E-state index in [9.17, 15) is 8.42 Å². The molecule has 0 spiro atoms. The van der Waals surface area contributed by atoms with Crippen molar-refractivity contribution in [2.45, 2.75) is 37.2 Å². The Hall–Kier alpha value is -1.95. The highest BCUT2D eigenvalue weighted by Crippen LogP contribution is 2.35. The normalized spacial score (nSPS) is 11.9. The maximum absolute atomic E-state index is 13.8. The van der Waals surface area contributed by atoms with Gasteiger partial charge in [-0.3, -0.25) is 4.98 Å². The number of aromatic nitrogens is 3. The Morgan fingerprint density at radius 3 is 2.51 bits per heavy atom. The number of sulfonamides is 1. The van der Waals surface area contributed by atoms with Crippen LogP contribution in [0.25, 0.3) is 0 Å². The Morgan fingerprint density at radius 1 is 1.06 bits per heavy atom. The first-order chi connectivity index (χ1) is 16.5. The lowest BCUT2D eigenvalue weighted by atomic mass is 10.3. The second-order valence-electron chi connectivity index (χ2n) is 8.72. The molecule has 2 heterocycles. The summed E-state index contributed by atoms with van der Waals surface area (Å²) in [7, 11) is -5.69. The van der Waals surface area contributed by atoms with Crippen LogP contribution in [-0.4, -0.2) is 44.8 Å². The van der Waals surface area contributed by atoms with E-state index in [1.807, 2.05) is 6.07 Å². The van der Waals surface area contributed by atoms with Crippen LogP contribution in [0.5, 0.6) is 5.88 Å². The lowest BCUT2D eigenvalue weighted by Crippen LogP contribution is -2.35. The number of benzene rings is 1. The van der Waals surface area contributed by atoms with Gasteiger partial charge in [-0.1, -0.05) is 66.6 Å². The van der Waals surface area contributed by atoms with Crippen molar-refractivity contribution in [2.24, 2.45) is 0 Å². The van der Waals surface area contributed by atoms with Crippen LogP contribution in [0.1, 0.15) is 5.56 Å². The van der Waals surface area contributed by atoms with Crippen molar-refractivity contribution in [3.63, 3.8) is 0 Å². The molecule has 13 heteroatoms. The fraction of sp³-hybridized carbons (Fsp3) is 0.318. The van der Waals surface area contributed by atoms with E-state index in [0.717, 1.165) is 15.9 Å². The smallest absolute Gasteiger partial charge is 0.269 e. The molecular weight excluding hydrogens is 551 g/mol. The van der Waals surface area contributed by atoms with Crippen LogP contribution in [0.15, 0.2) is 53.8 Å². The average Bonchev–Trinajstić information content (AvgIpc) is 2.80. The van der Waals surface area contributed by atoms with Gasteiger partial charge in [-0.15, -0.1) is 0 Å². The van der Waals surface area contributed by atoms with Crippen molar-refractivity contribution in [1.29, 1.82) is 0 Å². The van der Waals surface area contributed by atoms with E-state index in [0.29, 0.717) is 6.61 Å². The Kier molecular flexibility index (Phi) is 9.36. The lowest BCUT2D eigenvalue weighted by molar-refractivity contribution is 0.155. The largest absolute Gasteiger partial charge is 0.470 e. The standard InChI is InChI=1S/C22H25Cl3N4O4SSi/c1-35(2,3)11-10-32-15-29(34(30,31)18-8-4-7-17(23)20(18)25)21-22(28-19(24)13-27-21)33-14-16-6-5-9-26-12-16/h4-9,12-13H,10-11,14-15H2,1-3H3.